The van der Waals surface area contributed by atoms with Crippen LogP contribution in [0.15, 0.2) is 59.3 Å². The molecule has 0 atom stereocenters. The number of aryl methyl sites for hydroxylation is 1. The van der Waals surface area contributed by atoms with Gasteiger partial charge in [0.15, 0.2) is 0 Å². The number of nitrogens with two attached hydrogens (primary N) is 1. The molecule has 5 rings (SSSR count). The van der Waals surface area contributed by atoms with Crippen molar-refractivity contribution in [1.82, 2.24) is 14.9 Å². The number of nitrogens with one attached hydrogen (secondary N) is 2. The number of nitrogens with zero attached hydrogens (tertiary/aromatic N) is 1. The Kier molecular flexibility index (Phi) is 4.56. The number of hydrogen-bond donors (Lipinski definition) is 3. The second kappa shape index (κ2) is 7.27. The van der Waals surface area contributed by atoms with Gasteiger partial charge in [-0.05, 0) is 31.2 Å². The minimum Gasteiger partial charge on any atom is -0.361 e. The van der Waals surface area contributed by atoms with Crippen molar-refractivity contribution in [3.05, 3.63) is 70.5 Å². The third kappa shape index (κ3) is 2.81. The van der Waals surface area contributed by atoms with Crippen molar-refractivity contribution in [1.29, 1.82) is 0 Å². The van der Waals surface area contributed by atoms with E-state index in [2.05, 4.69) is 30.8 Å². The molecule has 4 N–H and O–H groups in total. The van der Waals surface area contributed by atoms with Gasteiger partial charge in [-0.2, -0.15) is 0 Å². The number of H-pyrrole nitrogens is 1. The molecule has 0 saturated carbocycles. The van der Waals surface area contributed by atoms with E-state index < -0.39 is 0 Å². The third-order valence-electron chi connectivity index (χ3n) is 5.52. The average molecular weight is 463 g/mol. The molecule has 2 amide bonds. The van der Waals surface area contributed by atoms with E-state index >= 15 is 0 Å². The van der Waals surface area contributed by atoms with Gasteiger partial charge in [0.25, 0.3) is 11.8 Å². The molecule has 4 aromatic rings. The fourth-order valence-corrected chi connectivity index (χ4v) is 4.76. The first kappa shape index (κ1) is 18.8. The highest BCUT2D eigenvalue weighted by Gasteiger charge is 2.35. The highest BCUT2D eigenvalue weighted by atomic mass is 79.9. The van der Waals surface area contributed by atoms with Crippen LogP contribution in [0.1, 0.15) is 17.5 Å². The molecule has 3 heterocycles. The number of benzene rings is 2. The van der Waals surface area contributed by atoms with Gasteiger partial charge in [0.05, 0.1) is 11.1 Å². The number of imide groups is 1. The SMILES string of the molecule is NCCCn1cc(C2=C(c3c[nH]c4ccccc34)C(=O)NC2=O)c2c(Br)cccc21. The van der Waals surface area contributed by atoms with Crippen molar-refractivity contribution in [2.75, 3.05) is 6.54 Å². The molecule has 0 aliphatic carbocycles. The van der Waals surface area contributed by atoms with Crippen molar-refractivity contribution in [3.63, 3.8) is 0 Å². The number of aromatic amines is 1. The highest BCUT2D eigenvalue weighted by molar-refractivity contribution is 9.10. The number of halogens is 1. The molecule has 6 nitrogen and oxygen atoms in total. The monoisotopic (exact) mass is 462 g/mol. The lowest BCUT2D eigenvalue weighted by molar-refractivity contribution is -0.122. The van der Waals surface area contributed by atoms with Gasteiger partial charge >= 0.3 is 0 Å². The average Bonchev–Trinajstić information content (AvgIpc) is 3.40. The van der Waals surface area contributed by atoms with Crippen LogP contribution < -0.4 is 11.1 Å². The highest BCUT2D eigenvalue weighted by Crippen LogP contribution is 2.40. The fourth-order valence-electron chi connectivity index (χ4n) is 4.19. The van der Waals surface area contributed by atoms with E-state index in [0.717, 1.165) is 50.4 Å². The molecule has 0 spiro atoms. The van der Waals surface area contributed by atoms with E-state index in [1.165, 1.54) is 0 Å². The lowest BCUT2D eigenvalue weighted by atomic mass is 9.95. The van der Waals surface area contributed by atoms with Crippen LogP contribution in [0.4, 0.5) is 0 Å². The zero-order chi connectivity index (χ0) is 20.8. The van der Waals surface area contributed by atoms with Gasteiger partial charge < -0.3 is 15.3 Å². The Morgan fingerprint density at radius 3 is 2.53 bits per heavy atom. The summed E-state index contributed by atoms with van der Waals surface area (Å²) in [5.74, 6) is -0.761. The quantitative estimate of drug-likeness (QED) is 0.393. The van der Waals surface area contributed by atoms with E-state index in [1.807, 2.05) is 48.7 Å². The summed E-state index contributed by atoms with van der Waals surface area (Å²) in [6, 6.07) is 13.7. The summed E-state index contributed by atoms with van der Waals surface area (Å²) < 4.78 is 2.97. The Labute approximate surface area is 180 Å². The van der Waals surface area contributed by atoms with Gasteiger partial charge in [0.2, 0.25) is 0 Å². The molecule has 1 aliphatic heterocycles. The Balaban J connectivity index is 1.82. The zero-order valence-electron chi connectivity index (χ0n) is 16.0. The zero-order valence-corrected chi connectivity index (χ0v) is 17.6. The van der Waals surface area contributed by atoms with E-state index in [-0.39, 0.29) is 11.8 Å². The molecule has 7 heteroatoms. The fraction of sp³-hybridized carbons (Fsp3) is 0.130. The maximum atomic E-state index is 13.0. The predicted octanol–water partition coefficient (Wildman–Crippen LogP) is 3.80. The van der Waals surface area contributed by atoms with Crippen LogP contribution in [0.3, 0.4) is 0 Å². The van der Waals surface area contributed by atoms with Crippen molar-refractivity contribution in [2.24, 2.45) is 5.73 Å². The van der Waals surface area contributed by atoms with E-state index in [1.54, 1.807) is 6.20 Å². The molecule has 2 aromatic carbocycles. The summed E-state index contributed by atoms with van der Waals surface area (Å²) in [5.41, 5.74) is 9.87. The summed E-state index contributed by atoms with van der Waals surface area (Å²) >= 11 is 3.64. The number of rotatable bonds is 5. The first-order valence-electron chi connectivity index (χ1n) is 9.74. The number of hydrogen-bond acceptors (Lipinski definition) is 3. The molecule has 0 bridgehead atoms. The molecule has 0 fully saturated rings. The van der Waals surface area contributed by atoms with Crippen LogP contribution in [0, 0.1) is 0 Å². The predicted molar refractivity (Wildman–Crippen MR) is 122 cm³/mol. The Morgan fingerprint density at radius 1 is 0.967 bits per heavy atom. The number of para-hydroxylation sites is 1. The third-order valence-corrected chi connectivity index (χ3v) is 6.18. The van der Waals surface area contributed by atoms with Gasteiger partial charge in [-0.15, -0.1) is 0 Å². The van der Waals surface area contributed by atoms with Crippen molar-refractivity contribution in [2.45, 2.75) is 13.0 Å². The molecule has 0 radical (unpaired) electrons. The largest absolute Gasteiger partial charge is 0.361 e. The first-order valence-corrected chi connectivity index (χ1v) is 10.5. The molecule has 1 aliphatic rings. The molecule has 0 saturated heterocycles. The van der Waals surface area contributed by atoms with Crippen LogP contribution in [0.2, 0.25) is 0 Å². The van der Waals surface area contributed by atoms with E-state index in [0.29, 0.717) is 17.7 Å². The number of carbonyl (C=O) groups excluding carboxylic acids is 2. The minimum atomic E-state index is -0.381. The standard InChI is InChI=1S/C23H19BrN4O2/c24-16-6-3-8-18-19(16)15(12-28(18)10-4-9-25)21-20(22(29)27-23(21)30)14-11-26-17-7-2-1-5-13(14)17/h1-3,5-8,11-12,26H,4,9-10,25H2,(H,27,29,30). The summed E-state index contributed by atoms with van der Waals surface area (Å²) in [5, 5.41) is 4.31. The lowest BCUT2D eigenvalue weighted by Gasteiger charge is -2.04. The minimum absolute atomic E-state index is 0.380. The van der Waals surface area contributed by atoms with Crippen LogP contribution in [0.5, 0.6) is 0 Å². The number of aromatic nitrogens is 2. The van der Waals surface area contributed by atoms with Gasteiger partial charge in [0.1, 0.15) is 0 Å². The number of carbonyl (C=O) groups is 2. The van der Waals surface area contributed by atoms with Gasteiger partial charge in [-0.25, -0.2) is 0 Å². The smallest absolute Gasteiger partial charge is 0.259 e. The van der Waals surface area contributed by atoms with E-state index in [4.69, 9.17) is 5.73 Å². The number of fused-ring (bicyclic) bond motifs is 2. The summed E-state index contributed by atoms with van der Waals surface area (Å²) in [6.45, 7) is 1.31. The van der Waals surface area contributed by atoms with Crippen LogP contribution in [-0.4, -0.2) is 27.9 Å². The second-order valence-corrected chi connectivity index (χ2v) is 8.15. The summed E-state index contributed by atoms with van der Waals surface area (Å²) in [6.07, 6.45) is 4.56. The maximum absolute atomic E-state index is 13.0. The van der Waals surface area contributed by atoms with Crippen molar-refractivity contribution >= 4 is 60.7 Å². The van der Waals surface area contributed by atoms with E-state index in [9.17, 15) is 9.59 Å². The Hall–Kier alpha value is -3.16. The van der Waals surface area contributed by atoms with Crippen LogP contribution in [0.25, 0.3) is 33.0 Å². The van der Waals surface area contributed by atoms with Crippen LogP contribution >= 0.6 is 15.9 Å². The Bertz CT molecular complexity index is 1360. The summed E-state index contributed by atoms with van der Waals surface area (Å²) in [4.78, 5) is 29.0. The van der Waals surface area contributed by atoms with Gasteiger partial charge in [-0.1, -0.05) is 40.2 Å². The lowest BCUT2D eigenvalue weighted by Crippen LogP contribution is -2.22. The normalized spacial score (nSPS) is 14.3. The van der Waals surface area contributed by atoms with Crippen molar-refractivity contribution < 1.29 is 9.59 Å². The maximum Gasteiger partial charge on any atom is 0.259 e. The summed E-state index contributed by atoms with van der Waals surface area (Å²) in [7, 11) is 0. The van der Waals surface area contributed by atoms with Crippen molar-refractivity contribution in [3.8, 4) is 0 Å². The molecule has 0 unspecified atom stereocenters. The molecule has 2 aromatic heterocycles. The molecular formula is C23H19BrN4O2. The number of amides is 2. The second-order valence-electron chi connectivity index (χ2n) is 7.29. The molecular weight excluding hydrogens is 444 g/mol. The molecule has 30 heavy (non-hydrogen) atoms. The van der Waals surface area contributed by atoms with Gasteiger partial charge in [-0.3, -0.25) is 14.9 Å². The Morgan fingerprint density at radius 2 is 1.73 bits per heavy atom. The first-order chi connectivity index (χ1) is 14.6. The molecule has 150 valence electrons. The van der Waals surface area contributed by atoms with Gasteiger partial charge in [0, 0.05) is 56.3 Å². The topological polar surface area (TPSA) is 92.9 Å². The van der Waals surface area contributed by atoms with Crippen LogP contribution in [-0.2, 0) is 16.1 Å².